The molecule has 0 aliphatic heterocycles. The number of nitrogens with two attached hydrogens (primary N) is 1. The van der Waals surface area contributed by atoms with E-state index < -0.39 is 17.9 Å². The molecule has 4 heteroatoms. The number of carbonyl (C=O) groups is 1. The summed E-state index contributed by atoms with van der Waals surface area (Å²) in [6.07, 6.45) is -2.04. The van der Waals surface area contributed by atoms with E-state index in [-0.39, 0.29) is 0 Å². The molecule has 0 radical (unpaired) electrons. The van der Waals surface area contributed by atoms with Gasteiger partial charge in [-0.15, -0.1) is 0 Å². The van der Waals surface area contributed by atoms with Crippen LogP contribution in [0.1, 0.15) is 10.4 Å². The second-order valence-electron chi connectivity index (χ2n) is 2.68. The number of halogens is 2. The van der Waals surface area contributed by atoms with Crippen LogP contribution in [0.15, 0.2) is 42.1 Å². The molecular weight excluding hydrogens is 188 g/mol. The van der Waals surface area contributed by atoms with Crippen molar-refractivity contribution in [3.05, 3.63) is 47.7 Å². The van der Waals surface area contributed by atoms with Gasteiger partial charge in [0.05, 0.1) is 5.70 Å². The molecule has 0 saturated carbocycles. The molecular formula is C10H9F2NO. The molecule has 0 fully saturated rings. The van der Waals surface area contributed by atoms with E-state index in [4.69, 9.17) is 5.73 Å². The summed E-state index contributed by atoms with van der Waals surface area (Å²) >= 11 is 0. The summed E-state index contributed by atoms with van der Waals surface area (Å²) in [5, 5.41) is 0. The molecule has 0 unspecified atom stereocenters. The van der Waals surface area contributed by atoms with Crippen LogP contribution >= 0.6 is 0 Å². The topological polar surface area (TPSA) is 43.1 Å². The molecule has 0 aliphatic rings. The third kappa shape index (κ3) is 2.65. The number of hydrogen-bond donors (Lipinski definition) is 1. The predicted molar refractivity (Wildman–Crippen MR) is 49.0 cm³/mol. The maximum atomic E-state index is 12.0. The molecule has 0 atom stereocenters. The van der Waals surface area contributed by atoms with E-state index >= 15 is 0 Å². The molecule has 0 aromatic heterocycles. The van der Waals surface area contributed by atoms with Gasteiger partial charge in [-0.25, -0.2) is 8.78 Å². The predicted octanol–water partition coefficient (Wildman–Crippen LogP) is 1.98. The van der Waals surface area contributed by atoms with Crippen molar-refractivity contribution in [1.29, 1.82) is 0 Å². The first-order valence-corrected chi connectivity index (χ1v) is 3.96. The minimum atomic E-state index is -2.79. The van der Waals surface area contributed by atoms with Crippen LogP contribution in [0.2, 0.25) is 0 Å². The Balaban J connectivity index is 2.83. The second-order valence-corrected chi connectivity index (χ2v) is 2.68. The normalized spacial score (nSPS) is 11.8. The number of alkyl halides is 2. The van der Waals surface area contributed by atoms with Gasteiger partial charge in [-0.2, -0.15) is 0 Å². The Morgan fingerprint density at radius 1 is 1.29 bits per heavy atom. The number of rotatable bonds is 3. The second kappa shape index (κ2) is 4.50. The lowest BCUT2D eigenvalue weighted by Gasteiger charge is -1.98. The zero-order chi connectivity index (χ0) is 10.6. The Kier molecular flexibility index (Phi) is 3.34. The number of ketones is 1. The smallest absolute Gasteiger partial charge is 0.277 e. The molecule has 74 valence electrons. The fraction of sp³-hybridized carbons (Fsp3) is 0.100. The van der Waals surface area contributed by atoms with Gasteiger partial charge < -0.3 is 5.73 Å². The first-order valence-electron chi connectivity index (χ1n) is 3.96. The maximum absolute atomic E-state index is 12.0. The van der Waals surface area contributed by atoms with Crippen LogP contribution in [-0.2, 0) is 0 Å². The summed E-state index contributed by atoms with van der Waals surface area (Å²) in [5.74, 6) is -0.511. The quantitative estimate of drug-likeness (QED) is 0.594. The molecule has 1 aromatic carbocycles. The van der Waals surface area contributed by atoms with Crippen LogP contribution in [-0.4, -0.2) is 12.2 Å². The molecule has 0 saturated heterocycles. The van der Waals surface area contributed by atoms with Gasteiger partial charge in [-0.1, -0.05) is 30.3 Å². The summed E-state index contributed by atoms with van der Waals surface area (Å²) in [4.78, 5) is 11.3. The molecule has 0 aliphatic carbocycles. The molecule has 14 heavy (non-hydrogen) atoms. The van der Waals surface area contributed by atoms with Gasteiger partial charge in [0, 0.05) is 11.6 Å². The highest BCUT2D eigenvalue weighted by atomic mass is 19.3. The van der Waals surface area contributed by atoms with E-state index in [2.05, 4.69) is 0 Å². The Hall–Kier alpha value is -1.71. The van der Waals surface area contributed by atoms with E-state index in [1.165, 1.54) is 12.1 Å². The monoisotopic (exact) mass is 197 g/mol. The van der Waals surface area contributed by atoms with Crippen LogP contribution < -0.4 is 5.73 Å². The van der Waals surface area contributed by atoms with Crippen molar-refractivity contribution in [2.75, 3.05) is 0 Å². The van der Waals surface area contributed by atoms with E-state index in [0.29, 0.717) is 5.56 Å². The van der Waals surface area contributed by atoms with Crippen LogP contribution in [0.3, 0.4) is 0 Å². The Morgan fingerprint density at radius 3 is 2.36 bits per heavy atom. The first-order chi connectivity index (χ1) is 6.61. The minimum Gasteiger partial charge on any atom is -0.397 e. The van der Waals surface area contributed by atoms with Crippen LogP contribution in [0.4, 0.5) is 8.78 Å². The van der Waals surface area contributed by atoms with Crippen molar-refractivity contribution in [3.8, 4) is 0 Å². The Bertz CT molecular complexity index is 346. The fourth-order valence-corrected chi connectivity index (χ4v) is 0.900. The maximum Gasteiger partial charge on any atom is 0.277 e. The molecule has 0 amide bonds. The highest BCUT2D eigenvalue weighted by Crippen LogP contribution is 2.06. The van der Waals surface area contributed by atoms with Crippen molar-refractivity contribution in [2.24, 2.45) is 5.73 Å². The molecule has 0 heterocycles. The van der Waals surface area contributed by atoms with Gasteiger partial charge in [0.25, 0.3) is 6.43 Å². The van der Waals surface area contributed by atoms with Gasteiger partial charge in [0.1, 0.15) is 0 Å². The molecule has 0 bridgehead atoms. The third-order valence-corrected chi connectivity index (χ3v) is 1.61. The van der Waals surface area contributed by atoms with E-state index in [1.54, 1.807) is 18.2 Å². The van der Waals surface area contributed by atoms with Gasteiger partial charge >= 0.3 is 0 Å². The van der Waals surface area contributed by atoms with Crippen molar-refractivity contribution >= 4 is 5.78 Å². The van der Waals surface area contributed by atoms with E-state index in [0.717, 1.165) is 6.08 Å². The van der Waals surface area contributed by atoms with Crippen molar-refractivity contribution in [3.63, 3.8) is 0 Å². The largest absolute Gasteiger partial charge is 0.397 e. The number of carbonyl (C=O) groups excluding carboxylic acids is 1. The lowest BCUT2D eigenvalue weighted by molar-refractivity contribution is 0.104. The van der Waals surface area contributed by atoms with Crippen molar-refractivity contribution < 1.29 is 13.6 Å². The molecule has 0 spiro atoms. The SMILES string of the molecule is NC(=CC(=O)c1ccccc1)C(F)F. The number of allylic oxidation sites excluding steroid dienone is 2. The van der Waals surface area contributed by atoms with Crippen LogP contribution in [0.5, 0.6) is 0 Å². The Morgan fingerprint density at radius 2 is 1.86 bits per heavy atom. The van der Waals surface area contributed by atoms with Gasteiger partial charge in [-0.3, -0.25) is 4.79 Å². The van der Waals surface area contributed by atoms with Crippen molar-refractivity contribution in [2.45, 2.75) is 6.43 Å². The average molecular weight is 197 g/mol. The average Bonchev–Trinajstić information content (AvgIpc) is 2.19. The summed E-state index contributed by atoms with van der Waals surface area (Å²) in [6.45, 7) is 0. The van der Waals surface area contributed by atoms with Gasteiger partial charge in [0.15, 0.2) is 5.78 Å². The summed E-state index contributed by atoms with van der Waals surface area (Å²) in [7, 11) is 0. The number of benzene rings is 1. The lowest BCUT2D eigenvalue weighted by atomic mass is 10.1. The summed E-state index contributed by atoms with van der Waals surface area (Å²) in [6, 6.07) is 8.12. The fourth-order valence-electron chi connectivity index (χ4n) is 0.900. The Labute approximate surface area is 80.0 Å². The highest BCUT2D eigenvalue weighted by molar-refractivity contribution is 6.04. The van der Waals surface area contributed by atoms with Crippen LogP contribution in [0.25, 0.3) is 0 Å². The summed E-state index contributed by atoms with van der Waals surface area (Å²) in [5.41, 5.74) is 4.58. The molecule has 2 nitrogen and oxygen atoms in total. The number of hydrogen-bond acceptors (Lipinski definition) is 2. The molecule has 2 N–H and O–H groups in total. The van der Waals surface area contributed by atoms with E-state index in [1.807, 2.05) is 0 Å². The zero-order valence-corrected chi connectivity index (χ0v) is 7.28. The zero-order valence-electron chi connectivity index (χ0n) is 7.28. The minimum absolute atomic E-state index is 0.344. The third-order valence-electron chi connectivity index (χ3n) is 1.61. The first kappa shape index (κ1) is 10.4. The molecule has 1 aromatic rings. The summed E-state index contributed by atoms with van der Waals surface area (Å²) < 4.78 is 23.9. The van der Waals surface area contributed by atoms with Crippen LogP contribution in [0, 0.1) is 0 Å². The van der Waals surface area contributed by atoms with E-state index in [9.17, 15) is 13.6 Å². The van der Waals surface area contributed by atoms with Crippen molar-refractivity contribution in [1.82, 2.24) is 0 Å². The molecule has 1 rings (SSSR count). The van der Waals surface area contributed by atoms with Gasteiger partial charge in [0.2, 0.25) is 0 Å². The lowest BCUT2D eigenvalue weighted by Crippen LogP contribution is -2.10. The van der Waals surface area contributed by atoms with Gasteiger partial charge in [-0.05, 0) is 0 Å². The highest BCUT2D eigenvalue weighted by Gasteiger charge is 2.09. The standard InChI is InChI=1S/C10H9F2NO/c11-10(12)8(13)6-9(14)7-4-2-1-3-5-7/h1-6,10H,13H2.